The van der Waals surface area contributed by atoms with E-state index in [9.17, 15) is 4.79 Å². The van der Waals surface area contributed by atoms with E-state index in [2.05, 4.69) is 10.2 Å². The lowest BCUT2D eigenvalue weighted by molar-refractivity contribution is -0.0858. The van der Waals surface area contributed by atoms with Crippen LogP contribution in [0.4, 0.5) is 0 Å². The summed E-state index contributed by atoms with van der Waals surface area (Å²) in [7, 11) is 0. The van der Waals surface area contributed by atoms with E-state index in [1.54, 1.807) is 11.0 Å². The minimum absolute atomic E-state index is 0.0698. The number of hydrogen-bond donors (Lipinski definition) is 1. The van der Waals surface area contributed by atoms with Gasteiger partial charge < -0.3 is 14.7 Å². The lowest BCUT2D eigenvalue weighted by Gasteiger charge is -2.36. The van der Waals surface area contributed by atoms with Gasteiger partial charge in [-0.15, -0.1) is 0 Å². The number of carbonyl (C=O) groups excluding carboxylic acids is 1. The molecule has 2 heterocycles. The molecule has 17 heavy (non-hydrogen) atoms. The molecule has 0 radical (unpaired) electrons. The van der Waals surface area contributed by atoms with Gasteiger partial charge >= 0.3 is 0 Å². The lowest BCUT2D eigenvalue weighted by Crippen LogP contribution is -2.50. The smallest absolute Gasteiger partial charge is 0.255 e. The number of aliphatic hydroxyl groups is 1. The van der Waals surface area contributed by atoms with E-state index in [1.165, 1.54) is 12.4 Å². The van der Waals surface area contributed by atoms with Crippen LogP contribution in [0.25, 0.3) is 0 Å². The number of rotatable bonds is 2. The predicted molar refractivity (Wildman–Crippen MR) is 59.4 cm³/mol. The first kappa shape index (κ1) is 11.9. The summed E-state index contributed by atoms with van der Waals surface area (Å²) in [5, 5.41) is 16.4. The highest BCUT2D eigenvalue weighted by molar-refractivity contribution is 5.93. The van der Waals surface area contributed by atoms with E-state index >= 15 is 0 Å². The van der Waals surface area contributed by atoms with Crippen molar-refractivity contribution in [2.24, 2.45) is 0 Å². The summed E-state index contributed by atoms with van der Waals surface area (Å²) in [6.45, 7) is 2.73. The van der Waals surface area contributed by atoms with Crippen molar-refractivity contribution < 1.29 is 14.6 Å². The van der Waals surface area contributed by atoms with Crippen LogP contribution in [0.15, 0.2) is 18.5 Å². The van der Waals surface area contributed by atoms with Crippen LogP contribution >= 0.6 is 0 Å². The fourth-order valence-electron chi connectivity index (χ4n) is 1.91. The van der Waals surface area contributed by atoms with Gasteiger partial charge in [0.05, 0.1) is 36.8 Å². The Hall–Kier alpha value is -1.53. The van der Waals surface area contributed by atoms with Crippen molar-refractivity contribution in [1.82, 2.24) is 15.1 Å². The number of morpholine rings is 1. The number of aliphatic hydroxyl groups excluding tert-OH is 1. The third kappa shape index (κ3) is 2.78. The molecule has 1 fully saturated rings. The van der Waals surface area contributed by atoms with Crippen molar-refractivity contribution in [1.29, 1.82) is 0 Å². The maximum atomic E-state index is 12.1. The average Bonchev–Trinajstić information content (AvgIpc) is 2.38. The zero-order valence-corrected chi connectivity index (χ0v) is 9.61. The highest BCUT2D eigenvalue weighted by Crippen LogP contribution is 2.13. The molecule has 2 atom stereocenters. The van der Waals surface area contributed by atoms with Crippen molar-refractivity contribution in [3.63, 3.8) is 0 Å². The largest absolute Gasteiger partial charge is 0.394 e. The molecule has 0 saturated carbocycles. The molecule has 1 aromatic rings. The number of nitrogens with zero attached hydrogens (tertiary/aromatic N) is 3. The zero-order chi connectivity index (χ0) is 12.3. The van der Waals surface area contributed by atoms with Gasteiger partial charge in [0.15, 0.2) is 0 Å². The second-order valence-electron chi connectivity index (χ2n) is 4.09. The predicted octanol–water partition coefficient (Wildman–Crippen LogP) is -0.302. The van der Waals surface area contributed by atoms with Crippen molar-refractivity contribution in [3.05, 3.63) is 24.0 Å². The summed E-state index contributed by atoms with van der Waals surface area (Å²) in [6, 6.07) is 1.63. The van der Waals surface area contributed by atoms with Crippen LogP contribution in [-0.4, -0.2) is 58.0 Å². The molecule has 2 rings (SSSR count). The van der Waals surface area contributed by atoms with Crippen molar-refractivity contribution in [3.8, 4) is 0 Å². The molecule has 92 valence electrons. The molecule has 0 aliphatic carbocycles. The molecule has 1 aromatic heterocycles. The monoisotopic (exact) mass is 237 g/mol. The van der Waals surface area contributed by atoms with Crippen LogP contribution in [0.1, 0.15) is 17.3 Å². The van der Waals surface area contributed by atoms with Crippen molar-refractivity contribution in [2.75, 3.05) is 19.7 Å². The molecule has 1 aliphatic rings. The SMILES string of the molecule is CC1CN(C(=O)c2ccnnc2)CC(CO)O1. The third-order valence-electron chi connectivity index (χ3n) is 2.65. The molecule has 1 aliphatic heterocycles. The molecule has 1 N–H and O–H groups in total. The Morgan fingerprint density at radius 2 is 2.41 bits per heavy atom. The first-order valence-corrected chi connectivity index (χ1v) is 5.53. The molecular weight excluding hydrogens is 222 g/mol. The maximum absolute atomic E-state index is 12.1. The van der Waals surface area contributed by atoms with Gasteiger partial charge in [-0.25, -0.2) is 0 Å². The lowest BCUT2D eigenvalue weighted by atomic mass is 10.2. The summed E-state index contributed by atoms with van der Waals surface area (Å²) in [6.07, 6.45) is 2.55. The number of aromatic nitrogens is 2. The van der Waals surface area contributed by atoms with Crippen molar-refractivity contribution >= 4 is 5.91 Å². The van der Waals surface area contributed by atoms with Crippen LogP contribution in [-0.2, 0) is 4.74 Å². The quantitative estimate of drug-likeness (QED) is 0.764. The Kier molecular flexibility index (Phi) is 3.65. The summed E-state index contributed by atoms with van der Waals surface area (Å²) >= 11 is 0. The summed E-state index contributed by atoms with van der Waals surface area (Å²) in [5.41, 5.74) is 0.505. The second-order valence-corrected chi connectivity index (χ2v) is 4.09. The maximum Gasteiger partial charge on any atom is 0.255 e. The van der Waals surface area contributed by atoms with Crippen molar-refractivity contribution in [2.45, 2.75) is 19.1 Å². The van der Waals surface area contributed by atoms with Gasteiger partial charge in [-0.05, 0) is 13.0 Å². The van der Waals surface area contributed by atoms with E-state index in [1.807, 2.05) is 6.92 Å². The first-order valence-electron chi connectivity index (χ1n) is 5.53. The standard InChI is InChI=1S/C11H15N3O3/c1-8-5-14(6-10(7-15)17-8)11(16)9-2-3-12-13-4-9/h2-4,8,10,15H,5-7H2,1H3. The Morgan fingerprint density at radius 3 is 3.06 bits per heavy atom. The van der Waals surface area contributed by atoms with Gasteiger partial charge in [0.1, 0.15) is 0 Å². The molecule has 0 bridgehead atoms. The van der Waals surface area contributed by atoms with Gasteiger partial charge in [0.2, 0.25) is 0 Å². The summed E-state index contributed by atoms with van der Waals surface area (Å²) in [4.78, 5) is 13.8. The highest BCUT2D eigenvalue weighted by Gasteiger charge is 2.28. The summed E-state index contributed by atoms with van der Waals surface area (Å²) in [5.74, 6) is -0.103. The van der Waals surface area contributed by atoms with E-state index in [0.717, 1.165) is 0 Å². The molecule has 0 aromatic carbocycles. The van der Waals surface area contributed by atoms with Gasteiger partial charge in [-0.2, -0.15) is 10.2 Å². The Labute approximate surface area is 99.2 Å². The molecule has 1 amide bonds. The van der Waals surface area contributed by atoms with Crippen LogP contribution in [0.5, 0.6) is 0 Å². The number of amides is 1. The third-order valence-corrected chi connectivity index (χ3v) is 2.65. The van der Waals surface area contributed by atoms with Crippen LogP contribution in [0.2, 0.25) is 0 Å². The van der Waals surface area contributed by atoms with E-state index in [4.69, 9.17) is 9.84 Å². The zero-order valence-electron chi connectivity index (χ0n) is 9.61. The molecule has 0 spiro atoms. The van der Waals surface area contributed by atoms with Crippen LogP contribution in [0.3, 0.4) is 0 Å². The molecule has 6 nitrogen and oxygen atoms in total. The molecule has 6 heteroatoms. The first-order chi connectivity index (χ1) is 8.20. The molecule has 2 unspecified atom stereocenters. The Balaban J connectivity index is 2.09. The fourth-order valence-corrected chi connectivity index (χ4v) is 1.91. The van der Waals surface area contributed by atoms with Crippen LogP contribution in [0, 0.1) is 0 Å². The van der Waals surface area contributed by atoms with Gasteiger partial charge in [0.25, 0.3) is 5.91 Å². The highest BCUT2D eigenvalue weighted by atomic mass is 16.5. The molecule has 1 saturated heterocycles. The summed E-state index contributed by atoms with van der Waals surface area (Å²) < 4.78 is 5.48. The van der Waals surface area contributed by atoms with E-state index in [-0.39, 0.29) is 24.7 Å². The van der Waals surface area contributed by atoms with E-state index in [0.29, 0.717) is 18.7 Å². The minimum Gasteiger partial charge on any atom is -0.394 e. The Morgan fingerprint density at radius 1 is 1.59 bits per heavy atom. The van der Waals surface area contributed by atoms with Gasteiger partial charge in [-0.1, -0.05) is 0 Å². The molecular formula is C11H15N3O3. The normalized spacial score (nSPS) is 24.7. The average molecular weight is 237 g/mol. The van der Waals surface area contributed by atoms with Crippen LogP contribution < -0.4 is 0 Å². The Bertz CT molecular complexity index is 385. The number of ether oxygens (including phenoxy) is 1. The topological polar surface area (TPSA) is 75.6 Å². The second kappa shape index (κ2) is 5.20. The number of carbonyl (C=O) groups is 1. The number of hydrogen-bond acceptors (Lipinski definition) is 5. The van der Waals surface area contributed by atoms with Gasteiger partial charge in [-0.3, -0.25) is 4.79 Å². The minimum atomic E-state index is -0.308. The van der Waals surface area contributed by atoms with E-state index < -0.39 is 0 Å². The van der Waals surface area contributed by atoms with Gasteiger partial charge in [0, 0.05) is 13.1 Å². The fraction of sp³-hybridized carbons (Fsp3) is 0.545.